The van der Waals surface area contributed by atoms with E-state index in [-0.39, 0.29) is 32.9 Å². The van der Waals surface area contributed by atoms with Gasteiger partial charge in [0.25, 0.3) is 11.6 Å². The van der Waals surface area contributed by atoms with Crippen molar-refractivity contribution >= 4 is 72.0 Å². The predicted octanol–water partition coefficient (Wildman–Crippen LogP) is 7.05. The first-order chi connectivity index (χ1) is 18.7. The molecule has 4 aromatic rings. The SMILES string of the molecule is COc1cc(C=C(C#N)C(=O)Nc2ccc([N+](=O)[O-])cc2Br)cc(Br)c1OC(=O)c1cccc2ccccc12. The van der Waals surface area contributed by atoms with Gasteiger partial charge in [-0.15, -0.1) is 0 Å². The molecule has 4 aromatic carbocycles. The number of halogens is 2. The van der Waals surface area contributed by atoms with Crippen LogP contribution in [-0.2, 0) is 4.79 Å². The van der Waals surface area contributed by atoms with Gasteiger partial charge in [-0.05, 0) is 78.5 Å². The number of benzene rings is 4. The Labute approximate surface area is 239 Å². The van der Waals surface area contributed by atoms with E-state index in [9.17, 15) is 25.0 Å². The van der Waals surface area contributed by atoms with Gasteiger partial charge in [0.2, 0.25) is 0 Å². The van der Waals surface area contributed by atoms with Crippen LogP contribution in [0.2, 0.25) is 0 Å². The number of carbonyl (C=O) groups excluding carboxylic acids is 2. The van der Waals surface area contributed by atoms with Crippen molar-refractivity contribution in [1.29, 1.82) is 5.26 Å². The largest absolute Gasteiger partial charge is 0.493 e. The second-order valence-corrected chi connectivity index (χ2v) is 9.70. The predicted molar refractivity (Wildman–Crippen MR) is 153 cm³/mol. The first-order valence-electron chi connectivity index (χ1n) is 11.2. The highest BCUT2D eigenvalue weighted by atomic mass is 79.9. The van der Waals surface area contributed by atoms with Gasteiger partial charge in [0.05, 0.1) is 27.8 Å². The minimum absolute atomic E-state index is 0.130. The van der Waals surface area contributed by atoms with Gasteiger partial charge in [-0.25, -0.2) is 4.79 Å². The van der Waals surface area contributed by atoms with Crippen molar-refractivity contribution in [2.45, 2.75) is 0 Å². The molecule has 194 valence electrons. The van der Waals surface area contributed by atoms with Gasteiger partial charge >= 0.3 is 5.97 Å². The van der Waals surface area contributed by atoms with E-state index in [0.29, 0.717) is 15.6 Å². The van der Waals surface area contributed by atoms with Crippen LogP contribution in [0.25, 0.3) is 16.8 Å². The Hall–Kier alpha value is -4.53. The normalized spacial score (nSPS) is 11.0. The molecule has 39 heavy (non-hydrogen) atoms. The zero-order chi connectivity index (χ0) is 28.1. The minimum atomic E-state index is -0.728. The summed E-state index contributed by atoms with van der Waals surface area (Å²) in [5.74, 6) is -0.987. The van der Waals surface area contributed by atoms with Crippen molar-refractivity contribution in [2.24, 2.45) is 0 Å². The summed E-state index contributed by atoms with van der Waals surface area (Å²) in [6.45, 7) is 0. The van der Waals surface area contributed by atoms with Crippen LogP contribution in [0.4, 0.5) is 11.4 Å². The summed E-state index contributed by atoms with van der Waals surface area (Å²) in [6, 6.07) is 21.5. The number of nitrogens with one attached hydrogen (secondary N) is 1. The lowest BCUT2D eigenvalue weighted by Crippen LogP contribution is -2.14. The van der Waals surface area contributed by atoms with E-state index in [4.69, 9.17) is 9.47 Å². The number of esters is 1. The summed E-state index contributed by atoms with van der Waals surface area (Å²) in [5.41, 5.74) is 0.648. The quantitative estimate of drug-likeness (QED) is 0.0566. The van der Waals surface area contributed by atoms with Crippen LogP contribution in [0, 0.1) is 21.4 Å². The molecule has 0 unspecified atom stereocenters. The number of methoxy groups -OCH3 is 1. The number of anilines is 1. The molecule has 0 spiro atoms. The van der Waals surface area contributed by atoms with E-state index in [2.05, 4.69) is 37.2 Å². The molecule has 0 bridgehead atoms. The highest BCUT2D eigenvalue weighted by Gasteiger charge is 2.20. The Balaban J connectivity index is 1.60. The summed E-state index contributed by atoms with van der Waals surface area (Å²) in [7, 11) is 1.40. The van der Waals surface area contributed by atoms with Crippen LogP contribution in [0.5, 0.6) is 11.5 Å². The molecule has 1 amide bonds. The van der Waals surface area contributed by atoms with Gasteiger partial charge in [0.1, 0.15) is 11.6 Å². The number of amides is 1. The number of rotatable bonds is 7. The number of hydrogen-bond acceptors (Lipinski definition) is 7. The van der Waals surface area contributed by atoms with Crippen LogP contribution in [0.3, 0.4) is 0 Å². The number of non-ortho nitro benzene ring substituents is 1. The first-order valence-corrected chi connectivity index (χ1v) is 12.7. The number of nitro benzene ring substituents is 1. The Kier molecular flexibility index (Phi) is 8.39. The molecule has 0 aliphatic carbocycles. The number of carbonyl (C=O) groups is 2. The van der Waals surface area contributed by atoms with E-state index in [0.717, 1.165) is 10.8 Å². The Morgan fingerprint density at radius 3 is 2.46 bits per heavy atom. The van der Waals surface area contributed by atoms with E-state index < -0.39 is 16.8 Å². The molecule has 0 heterocycles. The third-order valence-corrected chi connectivity index (χ3v) is 6.79. The van der Waals surface area contributed by atoms with E-state index in [1.54, 1.807) is 18.2 Å². The lowest BCUT2D eigenvalue weighted by atomic mass is 10.0. The average molecular weight is 651 g/mol. The molecule has 0 saturated carbocycles. The molecular formula is C28H17Br2N3O6. The zero-order valence-electron chi connectivity index (χ0n) is 20.1. The maximum atomic E-state index is 13.1. The maximum absolute atomic E-state index is 13.1. The molecule has 0 saturated heterocycles. The monoisotopic (exact) mass is 649 g/mol. The van der Waals surface area contributed by atoms with Crippen molar-refractivity contribution in [3.63, 3.8) is 0 Å². The standard InChI is InChI=1S/C28H17Br2N3O6/c1-38-25-13-16(11-18(15-31)27(34)32-24-10-9-19(33(36)37)14-22(24)29)12-23(30)26(25)39-28(35)21-8-4-6-17-5-2-3-7-20(17)21/h2-14H,1H3,(H,32,34). The second kappa shape index (κ2) is 11.9. The van der Waals surface area contributed by atoms with E-state index in [1.165, 1.54) is 37.5 Å². The summed E-state index contributed by atoms with van der Waals surface area (Å²) >= 11 is 6.57. The van der Waals surface area contributed by atoms with Gasteiger partial charge in [-0.3, -0.25) is 14.9 Å². The van der Waals surface area contributed by atoms with Crippen LogP contribution in [0.1, 0.15) is 15.9 Å². The topological polar surface area (TPSA) is 132 Å². The smallest absolute Gasteiger partial charge is 0.344 e. The van der Waals surface area contributed by atoms with Crippen LogP contribution >= 0.6 is 31.9 Å². The van der Waals surface area contributed by atoms with E-state index in [1.807, 2.05) is 36.4 Å². The summed E-state index contributed by atoms with van der Waals surface area (Å²) in [4.78, 5) is 36.2. The number of fused-ring (bicyclic) bond motifs is 1. The van der Waals surface area contributed by atoms with Crippen LogP contribution in [0.15, 0.2) is 87.3 Å². The molecule has 0 radical (unpaired) electrons. The average Bonchev–Trinajstić information content (AvgIpc) is 2.93. The Bertz CT molecular complexity index is 1710. The molecule has 1 N–H and O–H groups in total. The molecule has 0 atom stereocenters. The summed E-state index contributed by atoms with van der Waals surface area (Å²) in [5, 5.41) is 24.7. The molecule has 9 nitrogen and oxygen atoms in total. The Morgan fingerprint density at radius 1 is 1.03 bits per heavy atom. The van der Waals surface area contributed by atoms with Gasteiger partial charge in [0.15, 0.2) is 11.5 Å². The highest BCUT2D eigenvalue weighted by Crippen LogP contribution is 2.38. The van der Waals surface area contributed by atoms with Gasteiger partial charge in [0, 0.05) is 16.6 Å². The molecule has 0 aromatic heterocycles. The van der Waals surface area contributed by atoms with Crippen molar-refractivity contribution in [3.05, 3.63) is 109 Å². The lowest BCUT2D eigenvalue weighted by Gasteiger charge is -2.13. The number of ether oxygens (including phenoxy) is 2. The van der Waals surface area contributed by atoms with Crippen LogP contribution in [-0.4, -0.2) is 23.9 Å². The van der Waals surface area contributed by atoms with Gasteiger partial charge in [-0.2, -0.15) is 5.26 Å². The molecular weight excluding hydrogens is 634 g/mol. The molecule has 4 rings (SSSR count). The number of nitriles is 1. The van der Waals surface area contributed by atoms with Gasteiger partial charge < -0.3 is 14.8 Å². The third kappa shape index (κ3) is 6.14. The highest BCUT2D eigenvalue weighted by molar-refractivity contribution is 9.11. The maximum Gasteiger partial charge on any atom is 0.344 e. The number of hydrogen-bond donors (Lipinski definition) is 1. The zero-order valence-corrected chi connectivity index (χ0v) is 23.3. The van der Waals surface area contributed by atoms with Crippen molar-refractivity contribution < 1.29 is 24.0 Å². The lowest BCUT2D eigenvalue weighted by molar-refractivity contribution is -0.384. The first kappa shape index (κ1) is 27.5. The molecule has 0 fully saturated rings. The van der Waals surface area contributed by atoms with Crippen molar-refractivity contribution in [3.8, 4) is 17.6 Å². The molecule has 11 heteroatoms. The fraction of sp³-hybridized carbons (Fsp3) is 0.0357. The van der Waals surface area contributed by atoms with Crippen LogP contribution < -0.4 is 14.8 Å². The number of nitrogens with zero attached hydrogens (tertiary/aromatic N) is 2. The Morgan fingerprint density at radius 2 is 1.77 bits per heavy atom. The van der Waals surface area contributed by atoms with Crippen molar-refractivity contribution in [1.82, 2.24) is 0 Å². The van der Waals surface area contributed by atoms with Crippen molar-refractivity contribution in [2.75, 3.05) is 12.4 Å². The van der Waals surface area contributed by atoms with E-state index >= 15 is 0 Å². The fourth-order valence-electron chi connectivity index (χ4n) is 3.70. The minimum Gasteiger partial charge on any atom is -0.493 e. The van der Waals surface area contributed by atoms with Gasteiger partial charge in [-0.1, -0.05) is 36.4 Å². The summed E-state index contributed by atoms with van der Waals surface area (Å²) < 4.78 is 11.8. The summed E-state index contributed by atoms with van der Waals surface area (Å²) in [6.07, 6.45) is 1.33. The molecule has 0 aliphatic heterocycles. The fourth-order valence-corrected chi connectivity index (χ4v) is 4.70. The number of nitro groups is 1. The second-order valence-electron chi connectivity index (χ2n) is 8.00. The molecule has 0 aliphatic rings. The third-order valence-electron chi connectivity index (χ3n) is 5.54.